The Morgan fingerprint density at radius 2 is 2.00 bits per heavy atom. The van der Waals surface area contributed by atoms with Gasteiger partial charge in [0, 0.05) is 6.42 Å². The van der Waals surface area contributed by atoms with E-state index in [1.807, 2.05) is 0 Å². The van der Waals surface area contributed by atoms with Crippen molar-refractivity contribution < 1.29 is 9.59 Å². The fourth-order valence-electron chi connectivity index (χ4n) is 0.763. The van der Waals surface area contributed by atoms with Crippen molar-refractivity contribution >= 4 is 22.9 Å². The third-order valence-corrected chi connectivity index (χ3v) is 1.91. The predicted molar refractivity (Wildman–Crippen MR) is 51.2 cm³/mol. The van der Waals surface area contributed by atoms with Gasteiger partial charge in [0.25, 0.3) is 5.24 Å². The van der Waals surface area contributed by atoms with Crippen LogP contribution in [-0.2, 0) is 4.79 Å². The largest absolute Gasteiger partial charge is 0.287 e. The van der Waals surface area contributed by atoms with E-state index in [2.05, 4.69) is 12.2 Å². The lowest BCUT2D eigenvalue weighted by atomic mass is 10.2. The minimum Gasteiger partial charge on any atom is -0.287 e. The minimum atomic E-state index is -0.267. The van der Waals surface area contributed by atoms with E-state index in [1.54, 1.807) is 6.26 Å². The Labute approximate surface area is 77.3 Å². The van der Waals surface area contributed by atoms with Crippen molar-refractivity contribution in [3.05, 3.63) is 0 Å². The predicted octanol–water partition coefficient (Wildman–Crippen LogP) is 2.17. The van der Waals surface area contributed by atoms with Crippen LogP contribution < -0.4 is 5.32 Å². The van der Waals surface area contributed by atoms with Gasteiger partial charge in [0.05, 0.1) is 0 Å². The first-order chi connectivity index (χ1) is 5.70. The van der Waals surface area contributed by atoms with E-state index in [1.165, 1.54) is 0 Å². The maximum Gasteiger partial charge on any atom is 0.285 e. The van der Waals surface area contributed by atoms with Crippen molar-refractivity contribution in [2.45, 2.75) is 32.6 Å². The first-order valence-electron chi connectivity index (χ1n) is 4.08. The smallest absolute Gasteiger partial charge is 0.285 e. The number of thioether (sulfide) groups is 1. The van der Waals surface area contributed by atoms with Crippen molar-refractivity contribution in [2.75, 3.05) is 6.26 Å². The van der Waals surface area contributed by atoms with E-state index < -0.39 is 0 Å². The molecule has 0 saturated heterocycles. The van der Waals surface area contributed by atoms with Crippen molar-refractivity contribution in [1.82, 2.24) is 5.32 Å². The Morgan fingerprint density at radius 3 is 2.50 bits per heavy atom. The Hall–Kier alpha value is -0.510. The molecule has 0 aliphatic rings. The van der Waals surface area contributed by atoms with E-state index in [0.29, 0.717) is 6.42 Å². The molecule has 0 aromatic heterocycles. The van der Waals surface area contributed by atoms with Crippen LogP contribution in [-0.4, -0.2) is 17.4 Å². The van der Waals surface area contributed by atoms with Gasteiger partial charge >= 0.3 is 0 Å². The van der Waals surface area contributed by atoms with Crippen LogP contribution in [0.4, 0.5) is 4.79 Å². The van der Waals surface area contributed by atoms with Gasteiger partial charge in [0.1, 0.15) is 0 Å². The number of imide groups is 1. The van der Waals surface area contributed by atoms with E-state index in [0.717, 1.165) is 31.0 Å². The molecule has 0 spiro atoms. The van der Waals surface area contributed by atoms with E-state index >= 15 is 0 Å². The summed E-state index contributed by atoms with van der Waals surface area (Å²) in [5.74, 6) is -0.164. The summed E-state index contributed by atoms with van der Waals surface area (Å²) in [6, 6.07) is 0. The molecule has 0 aromatic rings. The Bertz CT molecular complexity index is 159. The summed E-state index contributed by atoms with van der Waals surface area (Å²) in [4.78, 5) is 21.6. The highest BCUT2D eigenvalue weighted by Crippen LogP contribution is 1.99. The monoisotopic (exact) mass is 189 g/mol. The first-order valence-corrected chi connectivity index (χ1v) is 5.31. The van der Waals surface area contributed by atoms with Crippen molar-refractivity contribution in [3.63, 3.8) is 0 Å². The number of hydrogen-bond acceptors (Lipinski definition) is 3. The summed E-state index contributed by atoms with van der Waals surface area (Å²) in [7, 11) is 0. The summed E-state index contributed by atoms with van der Waals surface area (Å²) in [6.45, 7) is 2.07. The molecule has 0 fully saturated rings. The Kier molecular flexibility index (Phi) is 6.85. The summed E-state index contributed by atoms with van der Waals surface area (Å²) in [5, 5.41) is 2.01. The number of rotatable bonds is 4. The van der Waals surface area contributed by atoms with Crippen molar-refractivity contribution in [2.24, 2.45) is 0 Å². The molecule has 4 heteroatoms. The maximum atomic E-state index is 10.9. The van der Waals surface area contributed by atoms with Gasteiger partial charge in [-0.15, -0.1) is 0 Å². The molecule has 12 heavy (non-hydrogen) atoms. The average Bonchev–Trinajstić information content (AvgIpc) is 2.05. The molecule has 0 aliphatic carbocycles. The zero-order valence-electron chi connectivity index (χ0n) is 7.55. The highest BCUT2D eigenvalue weighted by Gasteiger charge is 2.04. The van der Waals surface area contributed by atoms with Crippen LogP contribution in [0.2, 0.25) is 0 Å². The molecular weight excluding hydrogens is 174 g/mol. The van der Waals surface area contributed by atoms with Gasteiger partial charge in [0.2, 0.25) is 5.91 Å². The van der Waals surface area contributed by atoms with Crippen LogP contribution in [0, 0.1) is 0 Å². The summed E-state index contributed by atoms with van der Waals surface area (Å²) in [6.07, 6.45) is 5.10. The number of carbonyl (C=O) groups excluding carboxylic acids is 2. The molecule has 3 nitrogen and oxygen atoms in total. The van der Waals surface area contributed by atoms with Gasteiger partial charge < -0.3 is 0 Å². The zero-order valence-corrected chi connectivity index (χ0v) is 8.37. The fourth-order valence-corrected chi connectivity index (χ4v) is 0.979. The van der Waals surface area contributed by atoms with E-state index in [-0.39, 0.29) is 11.1 Å². The number of carbonyl (C=O) groups is 2. The fraction of sp³-hybridized carbons (Fsp3) is 0.750. The third-order valence-electron chi connectivity index (χ3n) is 1.43. The van der Waals surface area contributed by atoms with Gasteiger partial charge in [0.15, 0.2) is 0 Å². The standard InChI is InChI=1S/C8H15NO2S/c1-3-4-5-6-7(10)9-8(11)12-2/h3-6H2,1-2H3,(H,9,10,11). The second kappa shape index (κ2) is 7.16. The van der Waals surface area contributed by atoms with Crippen LogP contribution in [0.3, 0.4) is 0 Å². The molecular formula is C8H15NO2S. The molecule has 0 aliphatic heterocycles. The topological polar surface area (TPSA) is 46.2 Å². The second-order valence-corrected chi connectivity index (χ2v) is 3.28. The summed E-state index contributed by atoms with van der Waals surface area (Å²) < 4.78 is 0. The van der Waals surface area contributed by atoms with Crippen LogP contribution in [0.15, 0.2) is 0 Å². The third kappa shape index (κ3) is 6.22. The molecule has 0 rings (SSSR count). The Morgan fingerprint density at radius 1 is 1.33 bits per heavy atom. The van der Waals surface area contributed by atoms with Gasteiger partial charge in [-0.05, 0) is 12.7 Å². The lowest BCUT2D eigenvalue weighted by Gasteiger charge is -2.00. The summed E-state index contributed by atoms with van der Waals surface area (Å²) in [5.41, 5.74) is 0. The van der Waals surface area contributed by atoms with Crippen LogP contribution in [0.25, 0.3) is 0 Å². The highest BCUT2D eigenvalue weighted by atomic mass is 32.2. The maximum absolute atomic E-state index is 10.9. The molecule has 0 unspecified atom stereocenters. The van der Waals surface area contributed by atoms with E-state index in [4.69, 9.17) is 0 Å². The van der Waals surface area contributed by atoms with Gasteiger partial charge in [-0.3, -0.25) is 14.9 Å². The molecule has 1 N–H and O–H groups in total. The highest BCUT2D eigenvalue weighted by molar-refractivity contribution is 8.13. The number of unbranched alkanes of at least 4 members (excludes halogenated alkanes) is 2. The Balaban J connectivity index is 3.40. The molecule has 0 atom stereocenters. The minimum absolute atomic E-state index is 0.164. The van der Waals surface area contributed by atoms with Crippen molar-refractivity contribution in [1.29, 1.82) is 0 Å². The lowest BCUT2D eigenvalue weighted by molar-refractivity contribution is -0.119. The van der Waals surface area contributed by atoms with Crippen LogP contribution in [0.5, 0.6) is 0 Å². The molecule has 70 valence electrons. The number of hydrogen-bond donors (Lipinski definition) is 1. The number of amides is 2. The normalized spacial score (nSPS) is 9.50. The molecule has 0 aromatic carbocycles. The molecule has 0 bridgehead atoms. The molecule has 2 amide bonds. The van der Waals surface area contributed by atoms with Gasteiger partial charge in [-0.25, -0.2) is 0 Å². The average molecular weight is 189 g/mol. The lowest BCUT2D eigenvalue weighted by Crippen LogP contribution is -2.26. The zero-order chi connectivity index (χ0) is 9.40. The SMILES string of the molecule is CCCCCC(=O)NC(=O)SC. The summed E-state index contributed by atoms with van der Waals surface area (Å²) >= 11 is 1.02. The molecule has 0 radical (unpaired) electrons. The van der Waals surface area contributed by atoms with Gasteiger partial charge in [-0.1, -0.05) is 31.5 Å². The first kappa shape index (κ1) is 11.5. The quantitative estimate of drug-likeness (QED) is 0.689. The van der Waals surface area contributed by atoms with Crippen molar-refractivity contribution in [3.8, 4) is 0 Å². The van der Waals surface area contributed by atoms with Crippen LogP contribution >= 0.6 is 11.8 Å². The van der Waals surface area contributed by atoms with E-state index in [9.17, 15) is 9.59 Å². The number of nitrogens with one attached hydrogen (secondary N) is 1. The molecule has 0 heterocycles. The van der Waals surface area contributed by atoms with Gasteiger partial charge in [-0.2, -0.15) is 0 Å². The van der Waals surface area contributed by atoms with Crippen LogP contribution in [0.1, 0.15) is 32.6 Å². The molecule has 0 saturated carbocycles. The second-order valence-electron chi connectivity index (χ2n) is 2.50.